The predicted octanol–water partition coefficient (Wildman–Crippen LogP) is 3.08. The van der Waals surface area contributed by atoms with Crippen molar-refractivity contribution in [2.45, 2.75) is 31.6 Å². The molecule has 1 unspecified atom stereocenters. The molecule has 1 aliphatic carbocycles. The van der Waals surface area contributed by atoms with Crippen molar-refractivity contribution >= 4 is 0 Å². The second-order valence-electron chi connectivity index (χ2n) is 3.69. The summed E-state index contributed by atoms with van der Waals surface area (Å²) < 4.78 is 0. The summed E-state index contributed by atoms with van der Waals surface area (Å²) in [5.41, 5.74) is 2.95. The highest BCUT2D eigenvalue weighted by atomic mass is 14.6. The summed E-state index contributed by atoms with van der Waals surface area (Å²) in [6.45, 7) is 3.81. The third kappa shape index (κ3) is 1.64. The molecule has 0 saturated carbocycles. The van der Waals surface area contributed by atoms with Gasteiger partial charge < -0.3 is 0 Å². The fourth-order valence-corrected chi connectivity index (χ4v) is 2.19. The Morgan fingerprint density at radius 2 is 2.54 bits per heavy atom. The second kappa shape index (κ2) is 3.73. The van der Waals surface area contributed by atoms with Crippen molar-refractivity contribution in [3.05, 3.63) is 42.2 Å². The SMILES string of the molecule is C=CCC1CCCc2cnccc21. The van der Waals surface area contributed by atoms with E-state index in [2.05, 4.69) is 17.6 Å². The van der Waals surface area contributed by atoms with Gasteiger partial charge in [-0.1, -0.05) is 6.08 Å². The number of hydrogen-bond acceptors (Lipinski definition) is 1. The first-order chi connectivity index (χ1) is 6.42. The zero-order chi connectivity index (χ0) is 9.10. The Morgan fingerprint density at radius 3 is 3.38 bits per heavy atom. The monoisotopic (exact) mass is 173 g/mol. The molecule has 0 spiro atoms. The summed E-state index contributed by atoms with van der Waals surface area (Å²) in [4.78, 5) is 4.17. The summed E-state index contributed by atoms with van der Waals surface area (Å²) in [5, 5.41) is 0. The minimum Gasteiger partial charge on any atom is -0.264 e. The molecule has 0 saturated heterocycles. The van der Waals surface area contributed by atoms with Gasteiger partial charge in [0.05, 0.1) is 0 Å². The molecule has 0 radical (unpaired) electrons. The third-order valence-electron chi connectivity index (χ3n) is 2.83. The summed E-state index contributed by atoms with van der Waals surface area (Å²) >= 11 is 0. The number of nitrogens with zero attached hydrogens (tertiary/aromatic N) is 1. The largest absolute Gasteiger partial charge is 0.264 e. The summed E-state index contributed by atoms with van der Waals surface area (Å²) in [6, 6.07) is 2.17. The van der Waals surface area contributed by atoms with Crippen LogP contribution in [0.4, 0.5) is 0 Å². The topological polar surface area (TPSA) is 12.9 Å². The van der Waals surface area contributed by atoms with E-state index in [0.717, 1.165) is 6.42 Å². The van der Waals surface area contributed by atoms with E-state index >= 15 is 0 Å². The molecule has 0 N–H and O–H groups in total. The van der Waals surface area contributed by atoms with Gasteiger partial charge >= 0.3 is 0 Å². The zero-order valence-corrected chi connectivity index (χ0v) is 7.87. The molecule has 1 heterocycles. The van der Waals surface area contributed by atoms with E-state index in [1.54, 1.807) is 0 Å². The van der Waals surface area contributed by atoms with Crippen LogP contribution in [0, 0.1) is 0 Å². The number of aromatic nitrogens is 1. The Labute approximate surface area is 79.5 Å². The molecule has 1 atom stereocenters. The van der Waals surface area contributed by atoms with Crippen molar-refractivity contribution in [2.24, 2.45) is 0 Å². The Kier molecular flexibility index (Phi) is 2.44. The van der Waals surface area contributed by atoms with Crippen LogP contribution in [0.2, 0.25) is 0 Å². The molecule has 0 aromatic carbocycles. The van der Waals surface area contributed by atoms with Gasteiger partial charge in [-0.05, 0) is 48.8 Å². The van der Waals surface area contributed by atoms with Gasteiger partial charge in [-0.15, -0.1) is 6.58 Å². The van der Waals surface area contributed by atoms with Crippen LogP contribution in [0.3, 0.4) is 0 Å². The smallest absolute Gasteiger partial charge is 0.0302 e. The molecule has 0 aliphatic heterocycles. The Bertz CT molecular complexity index is 304. The first kappa shape index (κ1) is 8.49. The van der Waals surface area contributed by atoms with Crippen LogP contribution in [0.25, 0.3) is 0 Å². The van der Waals surface area contributed by atoms with Crippen LogP contribution in [-0.4, -0.2) is 4.98 Å². The Morgan fingerprint density at radius 1 is 1.62 bits per heavy atom. The standard InChI is InChI=1S/C12H15N/c1-2-4-10-5-3-6-11-9-13-8-7-12(10)11/h2,7-10H,1,3-6H2. The lowest BCUT2D eigenvalue weighted by Crippen LogP contribution is -2.09. The summed E-state index contributed by atoms with van der Waals surface area (Å²) in [7, 11) is 0. The van der Waals surface area contributed by atoms with Crippen molar-refractivity contribution in [1.29, 1.82) is 0 Å². The summed E-state index contributed by atoms with van der Waals surface area (Å²) in [5.74, 6) is 0.698. The van der Waals surface area contributed by atoms with E-state index < -0.39 is 0 Å². The van der Waals surface area contributed by atoms with Gasteiger partial charge in [0.1, 0.15) is 0 Å². The lowest BCUT2D eigenvalue weighted by Gasteiger charge is -2.23. The molecular weight excluding hydrogens is 158 g/mol. The maximum atomic E-state index is 4.17. The highest BCUT2D eigenvalue weighted by Gasteiger charge is 2.18. The molecule has 0 fully saturated rings. The lowest BCUT2D eigenvalue weighted by molar-refractivity contribution is 0.556. The van der Waals surface area contributed by atoms with Crippen LogP contribution < -0.4 is 0 Å². The third-order valence-corrected chi connectivity index (χ3v) is 2.83. The minimum atomic E-state index is 0.698. The van der Waals surface area contributed by atoms with Crippen molar-refractivity contribution in [3.8, 4) is 0 Å². The molecule has 1 aliphatic rings. The lowest BCUT2D eigenvalue weighted by atomic mass is 9.82. The quantitative estimate of drug-likeness (QED) is 0.626. The van der Waals surface area contributed by atoms with E-state index in [4.69, 9.17) is 0 Å². The van der Waals surface area contributed by atoms with Gasteiger partial charge in [0.25, 0.3) is 0 Å². The van der Waals surface area contributed by atoms with Gasteiger partial charge in [0, 0.05) is 12.4 Å². The van der Waals surface area contributed by atoms with Crippen LogP contribution in [0.15, 0.2) is 31.1 Å². The van der Waals surface area contributed by atoms with E-state index in [1.807, 2.05) is 18.5 Å². The number of aryl methyl sites for hydroxylation is 1. The maximum absolute atomic E-state index is 4.17. The van der Waals surface area contributed by atoms with Crippen molar-refractivity contribution in [1.82, 2.24) is 4.98 Å². The molecule has 0 bridgehead atoms. The maximum Gasteiger partial charge on any atom is 0.0302 e. The van der Waals surface area contributed by atoms with Gasteiger partial charge in [-0.25, -0.2) is 0 Å². The molecule has 68 valence electrons. The zero-order valence-electron chi connectivity index (χ0n) is 7.87. The Balaban J connectivity index is 2.31. The van der Waals surface area contributed by atoms with E-state index in [0.29, 0.717) is 5.92 Å². The van der Waals surface area contributed by atoms with Crippen molar-refractivity contribution in [2.75, 3.05) is 0 Å². The van der Waals surface area contributed by atoms with Gasteiger partial charge in [-0.3, -0.25) is 4.98 Å². The molecule has 1 nitrogen and oxygen atoms in total. The minimum absolute atomic E-state index is 0.698. The second-order valence-corrected chi connectivity index (χ2v) is 3.69. The predicted molar refractivity (Wildman–Crippen MR) is 54.7 cm³/mol. The summed E-state index contributed by atoms with van der Waals surface area (Å²) in [6.07, 6.45) is 10.9. The van der Waals surface area contributed by atoms with Crippen LogP contribution in [0.5, 0.6) is 0 Å². The number of allylic oxidation sites excluding steroid dienone is 1. The van der Waals surface area contributed by atoms with E-state index in [-0.39, 0.29) is 0 Å². The fraction of sp³-hybridized carbons (Fsp3) is 0.417. The normalized spacial score (nSPS) is 20.8. The van der Waals surface area contributed by atoms with E-state index in [9.17, 15) is 0 Å². The molecule has 0 amide bonds. The average molecular weight is 173 g/mol. The molecular formula is C12H15N. The van der Waals surface area contributed by atoms with Crippen LogP contribution >= 0.6 is 0 Å². The van der Waals surface area contributed by atoms with Gasteiger partial charge in [0.15, 0.2) is 0 Å². The van der Waals surface area contributed by atoms with Gasteiger partial charge in [-0.2, -0.15) is 0 Å². The fourth-order valence-electron chi connectivity index (χ4n) is 2.19. The van der Waals surface area contributed by atoms with Crippen LogP contribution in [-0.2, 0) is 6.42 Å². The highest BCUT2D eigenvalue weighted by Crippen LogP contribution is 2.33. The number of fused-ring (bicyclic) bond motifs is 1. The van der Waals surface area contributed by atoms with E-state index in [1.165, 1.54) is 30.4 Å². The van der Waals surface area contributed by atoms with Crippen LogP contribution in [0.1, 0.15) is 36.3 Å². The highest BCUT2D eigenvalue weighted by molar-refractivity contribution is 5.29. The average Bonchev–Trinajstić information content (AvgIpc) is 2.19. The molecule has 1 aromatic heterocycles. The van der Waals surface area contributed by atoms with Gasteiger partial charge in [0.2, 0.25) is 0 Å². The first-order valence-electron chi connectivity index (χ1n) is 4.95. The molecule has 2 rings (SSSR count). The first-order valence-corrected chi connectivity index (χ1v) is 4.95. The Hall–Kier alpha value is -1.11. The molecule has 1 heteroatoms. The number of hydrogen-bond donors (Lipinski definition) is 0. The van der Waals surface area contributed by atoms with Crippen molar-refractivity contribution in [3.63, 3.8) is 0 Å². The molecule has 13 heavy (non-hydrogen) atoms. The molecule has 1 aromatic rings. The van der Waals surface area contributed by atoms with Crippen molar-refractivity contribution < 1.29 is 0 Å². The number of pyridine rings is 1. The number of rotatable bonds is 2.